The normalized spacial score (nSPS) is 11.0. The third-order valence-corrected chi connectivity index (χ3v) is 5.80. The van der Waals surface area contributed by atoms with E-state index >= 15 is 0 Å². The van der Waals surface area contributed by atoms with Gasteiger partial charge in [0.1, 0.15) is 5.75 Å². The fourth-order valence-corrected chi connectivity index (χ4v) is 4.37. The summed E-state index contributed by atoms with van der Waals surface area (Å²) in [6.07, 6.45) is 0.515. The van der Waals surface area contributed by atoms with Crippen LogP contribution in [0.5, 0.6) is 5.75 Å². The van der Waals surface area contributed by atoms with Gasteiger partial charge in [-0.1, -0.05) is 67.6 Å². The van der Waals surface area contributed by atoms with E-state index in [0.29, 0.717) is 29.8 Å². The quantitative estimate of drug-likeness (QED) is 0.0852. The van der Waals surface area contributed by atoms with Gasteiger partial charge in [-0.2, -0.15) is 0 Å². The number of primary amides is 1. The lowest BCUT2D eigenvalue weighted by Crippen LogP contribution is -2.24. The molecular formula is C27H27N3O5. The molecule has 8 nitrogen and oxygen atoms in total. The number of amides is 1. The Labute approximate surface area is 203 Å². The summed E-state index contributed by atoms with van der Waals surface area (Å²) in [6, 6.07) is 23.7. The van der Waals surface area contributed by atoms with Gasteiger partial charge in [-0.15, -0.1) is 10.5 Å². The van der Waals surface area contributed by atoms with Crippen LogP contribution in [-0.2, 0) is 27.6 Å². The number of ether oxygens (including phenoxy) is 1. The average Bonchev–Trinajstić information content (AvgIpc) is 3.20. The van der Waals surface area contributed by atoms with E-state index in [2.05, 4.69) is 44.2 Å². The second-order valence-corrected chi connectivity index (χ2v) is 7.81. The Balaban J connectivity index is 1.88. The number of benzene rings is 3. The maximum atomic E-state index is 13.0. The molecule has 1 aromatic heterocycles. The first kappa shape index (κ1) is 24.2. The first-order valence-electron chi connectivity index (χ1n) is 11.2. The highest BCUT2D eigenvalue weighted by atomic mass is 17.3. The van der Waals surface area contributed by atoms with E-state index in [9.17, 15) is 9.59 Å². The summed E-state index contributed by atoms with van der Waals surface area (Å²) in [5.41, 5.74) is 12.9. The summed E-state index contributed by atoms with van der Waals surface area (Å²) < 4.78 is 7.87. The molecule has 35 heavy (non-hydrogen) atoms. The molecule has 0 radical (unpaired) electrons. The molecule has 0 aliphatic rings. The van der Waals surface area contributed by atoms with Gasteiger partial charge in [0.25, 0.3) is 11.7 Å². The number of aromatic nitrogens is 1. The van der Waals surface area contributed by atoms with Gasteiger partial charge in [-0.05, 0) is 35.2 Å². The van der Waals surface area contributed by atoms with E-state index in [1.165, 1.54) is 7.11 Å². The third-order valence-electron chi connectivity index (χ3n) is 5.80. The SMILES string of the molecule is CCc1c(C(=O)C(N)=O)c2c(OCNOOC)cccc2n1Cc1ccccc1-c1ccccc1. The number of Topliss-reactive ketones (excluding diaryl/α,β-unsaturated/α-hetero) is 1. The van der Waals surface area contributed by atoms with Crippen molar-refractivity contribution >= 4 is 22.6 Å². The summed E-state index contributed by atoms with van der Waals surface area (Å²) in [5, 5.41) is 0.532. The van der Waals surface area contributed by atoms with Gasteiger partial charge in [0.15, 0.2) is 6.73 Å². The molecule has 4 rings (SSSR count). The number of rotatable bonds is 11. The van der Waals surface area contributed by atoms with E-state index < -0.39 is 11.7 Å². The van der Waals surface area contributed by atoms with E-state index in [4.69, 9.17) is 10.5 Å². The van der Waals surface area contributed by atoms with Crippen molar-refractivity contribution in [2.75, 3.05) is 13.8 Å². The fourth-order valence-electron chi connectivity index (χ4n) is 4.37. The Morgan fingerprint density at radius 1 is 0.971 bits per heavy atom. The van der Waals surface area contributed by atoms with Crippen molar-refractivity contribution in [2.24, 2.45) is 5.73 Å². The topological polar surface area (TPSA) is 105 Å². The van der Waals surface area contributed by atoms with Crippen molar-refractivity contribution in [3.63, 3.8) is 0 Å². The molecule has 0 saturated carbocycles. The van der Waals surface area contributed by atoms with Crippen LogP contribution < -0.4 is 16.0 Å². The van der Waals surface area contributed by atoms with Gasteiger partial charge >= 0.3 is 0 Å². The first-order valence-corrected chi connectivity index (χ1v) is 11.2. The minimum Gasteiger partial charge on any atom is -0.475 e. The zero-order valence-electron chi connectivity index (χ0n) is 19.6. The van der Waals surface area contributed by atoms with Gasteiger partial charge in [0.05, 0.1) is 23.6 Å². The second kappa shape index (κ2) is 11.0. The van der Waals surface area contributed by atoms with E-state index in [0.717, 1.165) is 22.2 Å². The smallest absolute Gasteiger partial charge is 0.289 e. The highest BCUT2D eigenvalue weighted by molar-refractivity contribution is 6.45. The van der Waals surface area contributed by atoms with Crippen LogP contribution in [0.25, 0.3) is 22.0 Å². The molecule has 0 aliphatic carbocycles. The summed E-state index contributed by atoms with van der Waals surface area (Å²) in [7, 11) is 1.36. The maximum Gasteiger partial charge on any atom is 0.289 e. The van der Waals surface area contributed by atoms with Crippen LogP contribution in [0, 0.1) is 0 Å². The number of nitrogens with two attached hydrogens (primary N) is 1. The summed E-state index contributed by atoms with van der Waals surface area (Å²) >= 11 is 0. The van der Waals surface area contributed by atoms with E-state index in [-0.39, 0.29) is 12.3 Å². The highest BCUT2D eigenvalue weighted by Gasteiger charge is 2.27. The number of nitrogens with zero attached hydrogens (tertiary/aromatic N) is 1. The summed E-state index contributed by atoms with van der Waals surface area (Å²) in [6.45, 7) is 2.39. The van der Waals surface area contributed by atoms with Crippen molar-refractivity contribution < 1.29 is 24.2 Å². The van der Waals surface area contributed by atoms with Crippen LogP contribution in [0.3, 0.4) is 0 Å². The van der Waals surface area contributed by atoms with Crippen LogP contribution in [-0.4, -0.2) is 30.1 Å². The number of carbonyl (C=O) groups is 2. The van der Waals surface area contributed by atoms with Crippen LogP contribution in [0.2, 0.25) is 0 Å². The van der Waals surface area contributed by atoms with E-state index in [1.54, 1.807) is 6.07 Å². The van der Waals surface area contributed by atoms with Gasteiger partial charge < -0.3 is 15.0 Å². The molecule has 0 fully saturated rings. The summed E-state index contributed by atoms with van der Waals surface area (Å²) in [4.78, 5) is 34.2. The Morgan fingerprint density at radius 2 is 1.71 bits per heavy atom. The molecule has 3 N–H and O–H groups in total. The van der Waals surface area contributed by atoms with Crippen molar-refractivity contribution in [3.05, 3.63) is 89.6 Å². The number of fused-ring (bicyclic) bond motifs is 1. The Morgan fingerprint density at radius 3 is 2.43 bits per heavy atom. The van der Waals surface area contributed by atoms with Gasteiger partial charge in [0, 0.05) is 12.2 Å². The molecule has 1 amide bonds. The molecule has 0 bridgehead atoms. The van der Waals surface area contributed by atoms with Crippen LogP contribution in [0.15, 0.2) is 72.8 Å². The first-order chi connectivity index (χ1) is 17.1. The van der Waals surface area contributed by atoms with Crippen molar-refractivity contribution in [2.45, 2.75) is 19.9 Å². The van der Waals surface area contributed by atoms with Gasteiger partial charge in [-0.25, -0.2) is 4.89 Å². The molecule has 0 unspecified atom stereocenters. The molecule has 8 heteroatoms. The molecule has 0 atom stereocenters. The predicted octanol–water partition coefficient (Wildman–Crippen LogP) is 4.01. The molecule has 180 valence electrons. The van der Waals surface area contributed by atoms with E-state index in [1.807, 2.05) is 49.4 Å². The van der Waals surface area contributed by atoms with Crippen LogP contribution >= 0.6 is 0 Å². The zero-order valence-corrected chi connectivity index (χ0v) is 19.6. The minimum atomic E-state index is -1.01. The molecule has 1 heterocycles. The maximum absolute atomic E-state index is 13.0. The minimum absolute atomic E-state index is 0.0410. The Kier molecular flexibility index (Phi) is 7.57. The summed E-state index contributed by atoms with van der Waals surface area (Å²) in [5.74, 6) is -1.35. The predicted molar refractivity (Wildman–Crippen MR) is 133 cm³/mol. The molecule has 0 spiro atoms. The number of hydrogen-bond acceptors (Lipinski definition) is 6. The Bertz CT molecular complexity index is 1350. The van der Waals surface area contributed by atoms with Crippen LogP contribution in [0.4, 0.5) is 0 Å². The standard InChI is InChI=1S/C27H27N3O5/c1-3-21-25(26(31)27(28)32)24-22(14-9-15-23(24)34-17-29-35-33-2)30(21)16-19-12-7-8-13-20(19)18-10-5-4-6-11-18/h4-15,29H,3,16-17H2,1-2H3,(H2,28,32). The lowest BCUT2D eigenvalue weighted by atomic mass is 9.99. The van der Waals surface area contributed by atoms with Gasteiger partial charge in [0.2, 0.25) is 0 Å². The third kappa shape index (κ3) is 4.95. The fraction of sp³-hybridized carbons (Fsp3) is 0.185. The lowest BCUT2D eigenvalue weighted by molar-refractivity contribution is -0.323. The largest absolute Gasteiger partial charge is 0.475 e. The zero-order chi connectivity index (χ0) is 24.8. The molecule has 0 saturated heterocycles. The molecular weight excluding hydrogens is 446 g/mol. The molecule has 0 aliphatic heterocycles. The highest BCUT2D eigenvalue weighted by Crippen LogP contribution is 2.36. The Hall–Kier alpha value is -3.98. The van der Waals surface area contributed by atoms with Crippen LogP contribution in [0.1, 0.15) is 28.5 Å². The average molecular weight is 474 g/mol. The monoisotopic (exact) mass is 473 g/mol. The number of carbonyl (C=O) groups excluding carboxylic acids is 2. The lowest BCUT2D eigenvalue weighted by Gasteiger charge is -2.15. The molecule has 3 aromatic carbocycles. The van der Waals surface area contributed by atoms with Gasteiger partial charge in [-0.3, -0.25) is 9.59 Å². The molecule has 4 aromatic rings. The number of nitrogens with one attached hydrogen (secondary N) is 1. The van der Waals surface area contributed by atoms with Crippen molar-refractivity contribution in [1.29, 1.82) is 0 Å². The second-order valence-electron chi connectivity index (χ2n) is 7.81. The number of ketones is 1. The van der Waals surface area contributed by atoms with Crippen molar-refractivity contribution in [1.82, 2.24) is 10.0 Å². The number of hydrogen-bond donors (Lipinski definition) is 2. The number of hydroxylamine groups is 1. The van der Waals surface area contributed by atoms with Crippen molar-refractivity contribution in [3.8, 4) is 16.9 Å².